The molecule has 0 atom stereocenters. The number of likely N-dealkylation sites (N-methyl/N-ethyl adjacent to an activating group) is 1. The lowest BCUT2D eigenvalue weighted by molar-refractivity contribution is 0.262. The van der Waals surface area contributed by atoms with Crippen LogP contribution in [0.2, 0.25) is 0 Å². The lowest BCUT2D eigenvalue weighted by atomic mass is 10.1. The molecule has 0 bridgehead atoms. The van der Waals surface area contributed by atoms with E-state index in [1.165, 1.54) is 0 Å². The van der Waals surface area contributed by atoms with Gasteiger partial charge in [-0.1, -0.05) is 6.92 Å². The Morgan fingerprint density at radius 2 is 2.38 bits per heavy atom. The van der Waals surface area contributed by atoms with Crippen molar-refractivity contribution in [1.29, 1.82) is 0 Å². The summed E-state index contributed by atoms with van der Waals surface area (Å²) in [5.41, 5.74) is 7.27. The minimum absolute atomic E-state index is 0.0178. The highest BCUT2D eigenvalue weighted by atomic mass is 16.1. The fraction of sp³-hybridized carbons (Fsp3) is 0.636. The SMILES string of the molecule is CCN1CCc2c(nc(CCN)[nH]c2=O)C1. The number of aromatic nitrogens is 2. The van der Waals surface area contributed by atoms with Crippen LogP contribution in [0.3, 0.4) is 0 Å². The van der Waals surface area contributed by atoms with Crippen LogP contribution in [0.25, 0.3) is 0 Å². The van der Waals surface area contributed by atoms with Gasteiger partial charge in [0, 0.05) is 25.1 Å². The van der Waals surface area contributed by atoms with Gasteiger partial charge in [-0.3, -0.25) is 9.69 Å². The summed E-state index contributed by atoms with van der Waals surface area (Å²) in [5.74, 6) is 0.712. The van der Waals surface area contributed by atoms with Crippen LogP contribution in [0, 0.1) is 0 Å². The largest absolute Gasteiger partial charge is 0.330 e. The summed E-state index contributed by atoms with van der Waals surface area (Å²) in [5, 5.41) is 0. The van der Waals surface area contributed by atoms with Crippen LogP contribution >= 0.6 is 0 Å². The molecule has 0 aromatic carbocycles. The molecule has 0 unspecified atom stereocenters. The average molecular weight is 222 g/mol. The van der Waals surface area contributed by atoms with Crippen molar-refractivity contribution in [2.45, 2.75) is 26.3 Å². The molecule has 1 aliphatic rings. The first-order valence-electron chi connectivity index (χ1n) is 5.78. The topological polar surface area (TPSA) is 75.0 Å². The molecule has 0 spiro atoms. The quantitative estimate of drug-likeness (QED) is 0.733. The van der Waals surface area contributed by atoms with Crippen LogP contribution in [0.5, 0.6) is 0 Å². The molecule has 0 aliphatic carbocycles. The van der Waals surface area contributed by atoms with Crippen molar-refractivity contribution < 1.29 is 0 Å². The van der Waals surface area contributed by atoms with Crippen molar-refractivity contribution in [3.05, 3.63) is 27.4 Å². The Labute approximate surface area is 94.7 Å². The molecule has 3 N–H and O–H groups in total. The molecular formula is C11H18N4O. The standard InChI is InChI=1S/C11H18N4O/c1-2-15-6-4-8-9(7-15)13-10(3-5-12)14-11(8)16/h2-7,12H2,1H3,(H,13,14,16). The van der Waals surface area contributed by atoms with Gasteiger partial charge < -0.3 is 10.7 Å². The van der Waals surface area contributed by atoms with Crippen molar-refractivity contribution in [2.75, 3.05) is 19.6 Å². The zero-order valence-electron chi connectivity index (χ0n) is 9.62. The highest BCUT2D eigenvalue weighted by Gasteiger charge is 2.19. The van der Waals surface area contributed by atoms with Gasteiger partial charge in [0.25, 0.3) is 5.56 Å². The molecule has 1 aromatic heterocycles. The minimum atomic E-state index is 0.0178. The molecule has 0 radical (unpaired) electrons. The highest BCUT2D eigenvalue weighted by molar-refractivity contribution is 5.20. The first-order valence-corrected chi connectivity index (χ1v) is 5.78. The first-order chi connectivity index (χ1) is 7.74. The average Bonchev–Trinajstić information content (AvgIpc) is 2.28. The minimum Gasteiger partial charge on any atom is -0.330 e. The van der Waals surface area contributed by atoms with Gasteiger partial charge in [0.05, 0.1) is 5.69 Å². The van der Waals surface area contributed by atoms with E-state index in [0.29, 0.717) is 18.8 Å². The Morgan fingerprint density at radius 3 is 3.06 bits per heavy atom. The van der Waals surface area contributed by atoms with E-state index in [2.05, 4.69) is 21.8 Å². The van der Waals surface area contributed by atoms with E-state index in [1.807, 2.05) is 0 Å². The lowest BCUT2D eigenvalue weighted by Crippen LogP contribution is -2.35. The Balaban J connectivity index is 2.33. The van der Waals surface area contributed by atoms with E-state index in [4.69, 9.17) is 5.73 Å². The van der Waals surface area contributed by atoms with Gasteiger partial charge >= 0.3 is 0 Å². The molecule has 2 heterocycles. The van der Waals surface area contributed by atoms with Gasteiger partial charge in [-0.25, -0.2) is 4.98 Å². The summed E-state index contributed by atoms with van der Waals surface area (Å²) in [6.45, 7) is 5.37. The Bertz CT molecular complexity index is 426. The molecule has 0 saturated heterocycles. The van der Waals surface area contributed by atoms with Gasteiger partial charge in [0.15, 0.2) is 0 Å². The smallest absolute Gasteiger partial charge is 0.254 e. The summed E-state index contributed by atoms with van der Waals surface area (Å²) in [7, 11) is 0. The summed E-state index contributed by atoms with van der Waals surface area (Å²) in [6, 6.07) is 0. The second kappa shape index (κ2) is 4.76. The van der Waals surface area contributed by atoms with Crippen LogP contribution in [0.15, 0.2) is 4.79 Å². The second-order valence-corrected chi connectivity index (χ2v) is 4.10. The fourth-order valence-corrected chi connectivity index (χ4v) is 2.07. The molecule has 16 heavy (non-hydrogen) atoms. The molecular weight excluding hydrogens is 204 g/mol. The predicted octanol–water partition coefficient (Wildman–Crippen LogP) is -0.351. The normalized spacial score (nSPS) is 16.1. The summed E-state index contributed by atoms with van der Waals surface area (Å²) >= 11 is 0. The number of nitrogens with two attached hydrogens (primary N) is 1. The molecule has 0 amide bonds. The zero-order chi connectivity index (χ0) is 11.5. The molecule has 1 aromatic rings. The van der Waals surface area contributed by atoms with E-state index >= 15 is 0 Å². The molecule has 88 valence electrons. The van der Waals surface area contributed by atoms with E-state index in [-0.39, 0.29) is 5.56 Å². The van der Waals surface area contributed by atoms with Crippen molar-refractivity contribution in [3.8, 4) is 0 Å². The van der Waals surface area contributed by atoms with Crippen LogP contribution < -0.4 is 11.3 Å². The van der Waals surface area contributed by atoms with Gasteiger partial charge in [0.1, 0.15) is 5.82 Å². The molecule has 0 fully saturated rings. The van der Waals surface area contributed by atoms with Crippen molar-refractivity contribution in [1.82, 2.24) is 14.9 Å². The number of rotatable bonds is 3. The predicted molar refractivity (Wildman–Crippen MR) is 62.3 cm³/mol. The summed E-state index contributed by atoms with van der Waals surface area (Å²) < 4.78 is 0. The third kappa shape index (κ3) is 2.15. The number of nitrogens with one attached hydrogen (secondary N) is 1. The maximum Gasteiger partial charge on any atom is 0.254 e. The fourth-order valence-electron chi connectivity index (χ4n) is 2.07. The Hall–Kier alpha value is -1.20. The number of hydrogen-bond donors (Lipinski definition) is 2. The molecule has 1 aliphatic heterocycles. The van der Waals surface area contributed by atoms with E-state index in [1.54, 1.807) is 0 Å². The highest BCUT2D eigenvalue weighted by Crippen LogP contribution is 2.12. The third-order valence-corrected chi connectivity index (χ3v) is 3.03. The maximum atomic E-state index is 11.8. The number of H-pyrrole nitrogens is 1. The second-order valence-electron chi connectivity index (χ2n) is 4.10. The zero-order valence-corrected chi connectivity index (χ0v) is 9.62. The lowest BCUT2D eigenvalue weighted by Gasteiger charge is -2.26. The number of nitrogens with zero attached hydrogens (tertiary/aromatic N) is 2. The number of aromatic amines is 1. The van der Waals surface area contributed by atoms with Gasteiger partial charge in [-0.05, 0) is 19.5 Å². The molecule has 5 nitrogen and oxygen atoms in total. The van der Waals surface area contributed by atoms with Gasteiger partial charge in [0.2, 0.25) is 0 Å². The summed E-state index contributed by atoms with van der Waals surface area (Å²) in [4.78, 5) is 21.4. The Morgan fingerprint density at radius 1 is 1.56 bits per heavy atom. The van der Waals surface area contributed by atoms with E-state index in [9.17, 15) is 4.79 Å². The number of hydrogen-bond acceptors (Lipinski definition) is 4. The van der Waals surface area contributed by atoms with Crippen LogP contribution in [0.1, 0.15) is 24.0 Å². The van der Waals surface area contributed by atoms with E-state index < -0.39 is 0 Å². The van der Waals surface area contributed by atoms with Crippen LogP contribution in [-0.4, -0.2) is 34.5 Å². The number of fused-ring (bicyclic) bond motifs is 1. The Kier molecular flexibility index (Phi) is 3.36. The first kappa shape index (κ1) is 11.3. The molecule has 5 heteroatoms. The van der Waals surface area contributed by atoms with Gasteiger partial charge in [-0.2, -0.15) is 0 Å². The van der Waals surface area contributed by atoms with Crippen molar-refractivity contribution in [2.24, 2.45) is 5.73 Å². The van der Waals surface area contributed by atoms with Gasteiger partial charge in [-0.15, -0.1) is 0 Å². The summed E-state index contributed by atoms with van der Waals surface area (Å²) in [6.07, 6.45) is 1.43. The monoisotopic (exact) mass is 222 g/mol. The van der Waals surface area contributed by atoms with Crippen LogP contribution in [0.4, 0.5) is 0 Å². The molecule has 0 saturated carbocycles. The van der Waals surface area contributed by atoms with Crippen molar-refractivity contribution >= 4 is 0 Å². The van der Waals surface area contributed by atoms with Crippen LogP contribution in [-0.2, 0) is 19.4 Å². The van der Waals surface area contributed by atoms with E-state index in [0.717, 1.165) is 37.3 Å². The van der Waals surface area contributed by atoms with Crippen molar-refractivity contribution in [3.63, 3.8) is 0 Å². The maximum absolute atomic E-state index is 11.8. The molecule has 2 rings (SSSR count). The third-order valence-electron chi connectivity index (χ3n) is 3.03.